The number of sulfonamides is 1. The minimum absolute atomic E-state index is 0.135. The molecule has 200 valence electrons. The van der Waals surface area contributed by atoms with Gasteiger partial charge in [0.15, 0.2) is 6.10 Å². The Kier molecular flexibility index (Phi) is 5.95. The number of fused-ring (bicyclic) bond motifs is 1. The number of nitrogens with zero attached hydrogens (tertiary/aromatic N) is 1. The van der Waals surface area contributed by atoms with Gasteiger partial charge < -0.3 is 10.1 Å². The van der Waals surface area contributed by atoms with E-state index in [9.17, 15) is 13.2 Å². The standard InChI is InChI=1S/C32H32N2O4S/c1-20-8-14-24(15-9-20)39(36,37)34-19-29(38-28-17-13-23(18-27(28)34)32(2,3)4)31(35)33-26-16-12-22-11-10-21-6-5-7-25(26)30(21)22/h5-9,12-18,29H,10-11,19H2,1-4H3,(H,33,35)/t29-/m1/s1. The lowest BCUT2D eigenvalue weighted by atomic mass is 9.86. The summed E-state index contributed by atoms with van der Waals surface area (Å²) in [6.07, 6.45) is 0.963. The van der Waals surface area contributed by atoms with Crippen molar-refractivity contribution in [3.63, 3.8) is 0 Å². The van der Waals surface area contributed by atoms with Crippen molar-refractivity contribution in [1.82, 2.24) is 0 Å². The molecule has 0 fully saturated rings. The van der Waals surface area contributed by atoms with Crippen LogP contribution in [0.25, 0.3) is 10.8 Å². The number of nitrogens with one attached hydrogen (secondary N) is 1. The molecule has 1 aliphatic heterocycles. The van der Waals surface area contributed by atoms with E-state index in [1.165, 1.54) is 20.8 Å². The second-order valence-corrected chi connectivity index (χ2v) is 13.4. The molecule has 7 heteroatoms. The molecule has 39 heavy (non-hydrogen) atoms. The van der Waals surface area contributed by atoms with Crippen molar-refractivity contribution in [3.8, 4) is 5.75 Å². The summed E-state index contributed by atoms with van der Waals surface area (Å²) in [6.45, 7) is 8.00. The van der Waals surface area contributed by atoms with Crippen LogP contribution in [0.3, 0.4) is 0 Å². The van der Waals surface area contributed by atoms with Crippen LogP contribution in [-0.2, 0) is 33.1 Å². The van der Waals surface area contributed by atoms with Crippen LogP contribution in [0.5, 0.6) is 5.75 Å². The first-order valence-corrected chi connectivity index (χ1v) is 14.7. The third-order valence-electron chi connectivity index (χ3n) is 7.73. The van der Waals surface area contributed by atoms with E-state index in [4.69, 9.17) is 4.74 Å². The fourth-order valence-electron chi connectivity index (χ4n) is 5.49. The van der Waals surface area contributed by atoms with Gasteiger partial charge in [0.25, 0.3) is 15.9 Å². The Balaban J connectivity index is 1.38. The highest BCUT2D eigenvalue weighted by Crippen LogP contribution is 2.41. The summed E-state index contributed by atoms with van der Waals surface area (Å²) in [7, 11) is -3.96. The normalized spacial score (nSPS) is 16.6. The second kappa shape index (κ2) is 9.12. The molecule has 6 nitrogen and oxygen atoms in total. The number of ether oxygens (including phenoxy) is 1. The molecule has 0 spiro atoms. The number of rotatable bonds is 4. The van der Waals surface area contributed by atoms with Crippen molar-refractivity contribution in [1.29, 1.82) is 0 Å². The van der Waals surface area contributed by atoms with Gasteiger partial charge in [0.05, 0.1) is 17.1 Å². The Labute approximate surface area is 229 Å². The van der Waals surface area contributed by atoms with Gasteiger partial charge >= 0.3 is 0 Å². The van der Waals surface area contributed by atoms with Crippen molar-refractivity contribution in [2.24, 2.45) is 0 Å². The van der Waals surface area contributed by atoms with Crippen molar-refractivity contribution in [2.75, 3.05) is 16.2 Å². The maximum absolute atomic E-state index is 13.9. The van der Waals surface area contributed by atoms with Crippen molar-refractivity contribution in [3.05, 3.63) is 95.1 Å². The molecular weight excluding hydrogens is 508 g/mol. The topological polar surface area (TPSA) is 75.7 Å². The zero-order valence-corrected chi connectivity index (χ0v) is 23.4. The summed E-state index contributed by atoms with van der Waals surface area (Å²) in [5.41, 5.74) is 5.46. The van der Waals surface area contributed by atoms with E-state index in [0.717, 1.165) is 29.4 Å². The largest absolute Gasteiger partial charge is 0.476 e. The highest BCUT2D eigenvalue weighted by atomic mass is 32.2. The van der Waals surface area contributed by atoms with Crippen LogP contribution in [0.1, 0.15) is 43.0 Å². The molecule has 1 heterocycles. The minimum Gasteiger partial charge on any atom is -0.476 e. The number of hydrogen-bond acceptors (Lipinski definition) is 4. The van der Waals surface area contributed by atoms with Gasteiger partial charge in [0, 0.05) is 11.1 Å². The molecule has 1 amide bonds. The summed E-state index contributed by atoms with van der Waals surface area (Å²) >= 11 is 0. The number of carbonyl (C=O) groups excluding carboxylic acids is 1. The Morgan fingerprint density at radius 3 is 2.38 bits per heavy atom. The first kappa shape index (κ1) is 25.4. The number of carbonyl (C=O) groups is 1. The van der Waals surface area contributed by atoms with Gasteiger partial charge in [-0.1, -0.05) is 68.8 Å². The lowest BCUT2D eigenvalue weighted by Crippen LogP contribution is -2.49. The molecule has 4 aromatic carbocycles. The van der Waals surface area contributed by atoms with Crippen LogP contribution in [0, 0.1) is 6.92 Å². The summed E-state index contributed by atoms with van der Waals surface area (Å²) in [6, 6.07) is 22.5. The quantitative estimate of drug-likeness (QED) is 0.337. The molecule has 1 aliphatic carbocycles. The molecule has 0 radical (unpaired) electrons. The van der Waals surface area contributed by atoms with Gasteiger partial charge in [-0.25, -0.2) is 8.42 Å². The minimum atomic E-state index is -3.96. The molecule has 6 rings (SSSR count). The number of benzene rings is 4. The monoisotopic (exact) mass is 540 g/mol. The molecule has 0 saturated heterocycles. The Morgan fingerprint density at radius 2 is 1.67 bits per heavy atom. The van der Waals surface area contributed by atoms with E-state index in [1.54, 1.807) is 30.3 Å². The average molecular weight is 541 g/mol. The van der Waals surface area contributed by atoms with Gasteiger partial charge in [-0.2, -0.15) is 0 Å². The highest BCUT2D eigenvalue weighted by molar-refractivity contribution is 7.92. The van der Waals surface area contributed by atoms with Crippen LogP contribution in [0.4, 0.5) is 11.4 Å². The average Bonchev–Trinajstić information content (AvgIpc) is 3.33. The second-order valence-electron chi connectivity index (χ2n) is 11.5. The van der Waals surface area contributed by atoms with Crippen LogP contribution >= 0.6 is 0 Å². The Morgan fingerprint density at radius 1 is 0.949 bits per heavy atom. The lowest BCUT2D eigenvalue weighted by Gasteiger charge is -2.36. The van der Waals surface area contributed by atoms with E-state index in [1.807, 2.05) is 37.3 Å². The third kappa shape index (κ3) is 4.44. The zero-order chi connectivity index (χ0) is 27.5. The van der Waals surface area contributed by atoms with Crippen molar-refractivity contribution >= 4 is 38.1 Å². The molecule has 0 unspecified atom stereocenters. The Bertz CT molecular complexity index is 1710. The van der Waals surface area contributed by atoms with Gasteiger partial charge in [-0.05, 0) is 77.6 Å². The molecular formula is C32H32N2O4S. The first-order valence-electron chi connectivity index (χ1n) is 13.3. The summed E-state index contributed by atoms with van der Waals surface area (Å²) in [5, 5.41) is 5.23. The number of amides is 1. The molecule has 1 N–H and O–H groups in total. The van der Waals surface area contributed by atoms with E-state index in [0.29, 0.717) is 17.1 Å². The fraction of sp³-hybridized carbons (Fsp3) is 0.281. The molecule has 0 bridgehead atoms. The molecule has 2 aliphatic rings. The van der Waals surface area contributed by atoms with E-state index < -0.39 is 16.1 Å². The predicted molar refractivity (Wildman–Crippen MR) is 155 cm³/mol. The molecule has 4 aromatic rings. The van der Waals surface area contributed by atoms with E-state index in [2.05, 4.69) is 38.2 Å². The van der Waals surface area contributed by atoms with Gasteiger partial charge in [0.2, 0.25) is 0 Å². The first-order chi connectivity index (χ1) is 18.5. The highest BCUT2D eigenvalue weighted by Gasteiger charge is 2.38. The van der Waals surface area contributed by atoms with Gasteiger partial charge in [0.1, 0.15) is 5.75 Å². The third-order valence-corrected chi connectivity index (χ3v) is 9.52. The van der Waals surface area contributed by atoms with Crippen molar-refractivity contribution in [2.45, 2.75) is 57.0 Å². The predicted octanol–water partition coefficient (Wildman–Crippen LogP) is 6.14. The maximum Gasteiger partial charge on any atom is 0.267 e. The SMILES string of the molecule is Cc1ccc(S(=O)(=O)N2C[C@H](C(=O)Nc3ccc4c5c(cccc35)CC4)Oc3ccc(C(C)(C)C)cc32)cc1. The maximum atomic E-state index is 13.9. The summed E-state index contributed by atoms with van der Waals surface area (Å²) < 4.78 is 35.4. The van der Waals surface area contributed by atoms with E-state index >= 15 is 0 Å². The summed E-state index contributed by atoms with van der Waals surface area (Å²) in [5.74, 6) is -0.0196. The van der Waals surface area contributed by atoms with Gasteiger partial charge in [-0.3, -0.25) is 9.10 Å². The van der Waals surface area contributed by atoms with Crippen molar-refractivity contribution < 1.29 is 17.9 Å². The molecule has 0 aromatic heterocycles. The smallest absolute Gasteiger partial charge is 0.267 e. The Hall–Kier alpha value is -3.84. The van der Waals surface area contributed by atoms with Gasteiger partial charge in [-0.15, -0.1) is 0 Å². The fourth-order valence-corrected chi connectivity index (χ4v) is 6.96. The van der Waals surface area contributed by atoms with Crippen LogP contribution in [-0.4, -0.2) is 27.0 Å². The number of aryl methyl sites for hydroxylation is 3. The number of hydrogen-bond donors (Lipinski definition) is 1. The zero-order valence-electron chi connectivity index (χ0n) is 22.6. The molecule has 0 saturated carbocycles. The van der Waals surface area contributed by atoms with Crippen LogP contribution in [0.2, 0.25) is 0 Å². The van der Waals surface area contributed by atoms with Crippen LogP contribution < -0.4 is 14.4 Å². The molecule has 1 atom stereocenters. The number of anilines is 2. The van der Waals surface area contributed by atoms with E-state index in [-0.39, 0.29) is 22.8 Å². The lowest BCUT2D eigenvalue weighted by molar-refractivity contribution is -0.122. The summed E-state index contributed by atoms with van der Waals surface area (Å²) in [4.78, 5) is 13.8. The van der Waals surface area contributed by atoms with Crippen LogP contribution in [0.15, 0.2) is 77.7 Å².